The number of nitrogen functional groups attached to an aromatic ring is 1. The molecule has 0 fully saturated rings. The normalized spacial score (nSPS) is 11.2. The molecule has 1 heterocycles. The standard InChI is InChI=1S/C18H21N3/c1-4-10-21-16-7-5-6-15(19)17(16)20-18(21)14-9-8-12(2)13(3)11-14/h5-9,11H,4,10,19H2,1-3H3. The van der Waals surface area contributed by atoms with Crippen LogP contribution in [-0.4, -0.2) is 9.55 Å². The van der Waals surface area contributed by atoms with Crippen molar-refractivity contribution >= 4 is 16.7 Å². The van der Waals surface area contributed by atoms with E-state index in [9.17, 15) is 0 Å². The number of para-hydroxylation sites is 1. The van der Waals surface area contributed by atoms with Crippen molar-refractivity contribution in [2.24, 2.45) is 0 Å². The average Bonchev–Trinajstić information content (AvgIpc) is 2.83. The summed E-state index contributed by atoms with van der Waals surface area (Å²) in [7, 11) is 0. The van der Waals surface area contributed by atoms with Crippen LogP contribution in [0, 0.1) is 13.8 Å². The molecular weight excluding hydrogens is 258 g/mol. The summed E-state index contributed by atoms with van der Waals surface area (Å²) in [6, 6.07) is 12.5. The van der Waals surface area contributed by atoms with Crippen LogP contribution in [-0.2, 0) is 6.54 Å². The molecule has 2 N–H and O–H groups in total. The van der Waals surface area contributed by atoms with Gasteiger partial charge in [0.25, 0.3) is 0 Å². The predicted octanol–water partition coefficient (Wildman–Crippen LogP) is 4.31. The lowest BCUT2D eigenvalue weighted by Gasteiger charge is -2.09. The van der Waals surface area contributed by atoms with E-state index < -0.39 is 0 Å². The van der Waals surface area contributed by atoms with Crippen molar-refractivity contribution in [1.29, 1.82) is 0 Å². The molecule has 0 radical (unpaired) electrons. The Morgan fingerprint density at radius 3 is 2.62 bits per heavy atom. The number of nitrogens with two attached hydrogens (primary N) is 1. The van der Waals surface area contributed by atoms with Crippen LogP contribution in [0.25, 0.3) is 22.4 Å². The van der Waals surface area contributed by atoms with Gasteiger partial charge in [-0.25, -0.2) is 4.98 Å². The number of hydrogen-bond acceptors (Lipinski definition) is 2. The van der Waals surface area contributed by atoms with E-state index >= 15 is 0 Å². The van der Waals surface area contributed by atoms with Gasteiger partial charge in [-0.15, -0.1) is 0 Å². The van der Waals surface area contributed by atoms with Crippen LogP contribution in [0.5, 0.6) is 0 Å². The molecule has 0 spiro atoms. The van der Waals surface area contributed by atoms with E-state index in [1.165, 1.54) is 11.1 Å². The van der Waals surface area contributed by atoms with Crippen LogP contribution >= 0.6 is 0 Å². The predicted molar refractivity (Wildman–Crippen MR) is 89.3 cm³/mol. The Morgan fingerprint density at radius 2 is 1.90 bits per heavy atom. The Bertz CT molecular complexity index is 800. The van der Waals surface area contributed by atoms with Crippen molar-refractivity contribution in [3.63, 3.8) is 0 Å². The van der Waals surface area contributed by atoms with Gasteiger partial charge in [0.05, 0.1) is 11.2 Å². The molecule has 0 saturated carbocycles. The number of nitrogens with zero attached hydrogens (tertiary/aromatic N) is 2. The summed E-state index contributed by atoms with van der Waals surface area (Å²) in [6.45, 7) is 7.40. The maximum atomic E-state index is 6.09. The third kappa shape index (κ3) is 2.29. The molecule has 0 unspecified atom stereocenters. The van der Waals surface area contributed by atoms with Gasteiger partial charge in [-0.2, -0.15) is 0 Å². The van der Waals surface area contributed by atoms with E-state index in [1.54, 1.807) is 0 Å². The van der Waals surface area contributed by atoms with Gasteiger partial charge >= 0.3 is 0 Å². The van der Waals surface area contributed by atoms with Crippen LogP contribution in [0.4, 0.5) is 5.69 Å². The molecule has 0 aliphatic heterocycles. The number of imidazole rings is 1. The Hall–Kier alpha value is -2.29. The van der Waals surface area contributed by atoms with Crippen molar-refractivity contribution in [3.8, 4) is 11.4 Å². The second-order valence-corrected chi connectivity index (χ2v) is 5.60. The fraction of sp³-hybridized carbons (Fsp3) is 0.278. The number of rotatable bonds is 3. The SMILES string of the molecule is CCCn1c(-c2ccc(C)c(C)c2)nc2c(N)cccc21. The number of aromatic nitrogens is 2. The van der Waals surface area contributed by atoms with Crippen LogP contribution in [0.3, 0.4) is 0 Å². The monoisotopic (exact) mass is 279 g/mol. The van der Waals surface area contributed by atoms with Crippen LogP contribution in [0.2, 0.25) is 0 Å². The molecule has 108 valence electrons. The number of fused-ring (bicyclic) bond motifs is 1. The van der Waals surface area contributed by atoms with Gasteiger partial charge < -0.3 is 10.3 Å². The second-order valence-electron chi connectivity index (χ2n) is 5.60. The first kappa shape index (κ1) is 13.7. The fourth-order valence-electron chi connectivity index (χ4n) is 2.72. The number of benzene rings is 2. The van der Waals surface area contributed by atoms with E-state index in [0.29, 0.717) is 0 Å². The lowest BCUT2D eigenvalue weighted by atomic mass is 10.1. The van der Waals surface area contributed by atoms with Gasteiger partial charge in [0, 0.05) is 12.1 Å². The molecule has 21 heavy (non-hydrogen) atoms. The highest BCUT2D eigenvalue weighted by molar-refractivity contribution is 5.90. The summed E-state index contributed by atoms with van der Waals surface area (Å²) in [5.74, 6) is 1.01. The quantitative estimate of drug-likeness (QED) is 0.726. The second kappa shape index (κ2) is 5.24. The molecule has 0 aliphatic carbocycles. The molecule has 0 bridgehead atoms. The van der Waals surface area contributed by atoms with Crippen molar-refractivity contribution < 1.29 is 0 Å². The number of aryl methyl sites for hydroxylation is 3. The summed E-state index contributed by atoms with van der Waals surface area (Å²) < 4.78 is 2.27. The molecule has 3 rings (SSSR count). The van der Waals surface area contributed by atoms with Gasteiger partial charge in [0.2, 0.25) is 0 Å². The maximum Gasteiger partial charge on any atom is 0.141 e. The van der Waals surface area contributed by atoms with Gasteiger partial charge in [0.15, 0.2) is 0 Å². The van der Waals surface area contributed by atoms with E-state index in [0.717, 1.165) is 41.1 Å². The molecule has 0 atom stereocenters. The molecule has 2 aromatic carbocycles. The minimum Gasteiger partial charge on any atom is -0.397 e. The zero-order valence-electron chi connectivity index (χ0n) is 12.9. The third-order valence-corrected chi connectivity index (χ3v) is 4.02. The smallest absolute Gasteiger partial charge is 0.141 e. The highest BCUT2D eigenvalue weighted by Gasteiger charge is 2.14. The first-order chi connectivity index (χ1) is 10.1. The maximum absolute atomic E-state index is 6.09. The molecular formula is C18H21N3. The number of anilines is 1. The van der Waals surface area contributed by atoms with E-state index in [-0.39, 0.29) is 0 Å². The molecule has 0 aliphatic rings. The molecule has 3 nitrogen and oxygen atoms in total. The van der Waals surface area contributed by atoms with Gasteiger partial charge in [0.1, 0.15) is 11.3 Å². The Kier molecular flexibility index (Phi) is 3.42. The summed E-state index contributed by atoms with van der Waals surface area (Å²) in [6.07, 6.45) is 1.07. The topological polar surface area (TPSA) is 43.8 Å². The van der Waals surface area contributed by atoms with Crippen LogP contribution in [0.1, 0.15) is 24.5 Å². The van der Waals surface area contributed by atoms with Gasteiger partial charge in [-0.3, -0.25) is 0 Å². The minimum atomic E-state index is 0.743. The van der Waals surface area contributed by atoms with E-state index in [2.05, 4.69) is 49.6 Å². The highest BCUT2D eigenvalue weighted by Crippen LogP contribution is 2.29. The third-order valence-electron chi connectivity index (χ3n) is 4.02. The van der Waals surface area contributed by atoms with Crippen LogP contribution in [0.15, 0.2) is 36.4 Å². The largest absolute Gasteiger partial charge is 0.397 e. The Balaban J connectivity index is 2.27. The molecule has 1 aromatic heterocycles. The average molecular weight is 279 g/mol. The first-order valence-electron chi connectivity index (χ1n) is 7.44. The van der Waals surface area contributed by atoms with Crippen molar-refractivity contribution in [2.45, 2.75) is 33.7 Å². The van der Waals surface area contributed by atoms with Crippen LogP contribution < -0.4 is 5.73 Å². The number of hydrogen-bond donors (Lipinski definition) is 1. The summed E-state index contributed by atoms with van der Waals surface area (Å²) in [4.78, 5) is 4.81. The van der Waals surface area contributed by atoms with E-state index in [4.69, 9.17) is 10.7 Å². The molecule has 3 aromatic rings. The zero-order chi connectivity index (χ0) is 15.0. The highest BCUT2D eigenvalue weighted by atomic mass is 15.1. The summed E-state index contributed by atoms with van der Waals surface area (Å²) >= 11 is 0. The Labute approximate surface area is 125 Å². The molecule has 0 amide bonds. The Morgan fingerprint density at radius 1 is 1.10 bits per heavy atom. The first-order valence-corrected chi connectivity index (χ1v) is 7.44. The fourth-order valence-corrected chi connectivity index (χ4v) is 2.72. The van der Waals surface area contributed by atoms with Gasteiger partial charge in [-0.1, -0.05) is 25.1 Å². The van der Waals surface area contributed by atoms with Crippen molar-refractivity contribution in [3.05, 3.63) is 47.5 Å². The lowest BCUT2D eigenvalue weighted by Crippen LogP contribution is -2.00. The van der Waals surface area contributed by atoms with Crippen molar-refractivity contribution in [2.75, 3.05) is 5.73 Å². The van der Waals surface area contributed by atoms with Gasteiger partial charge in [-0.05, 0) is 49.6 Å². The summed E-state index contributed by atoms with van der Waals surface area (Å²) in [5.41, 5.74) is 12.6. The van der Waals surface area contributed by atoms with E-state index in [1.807, 2.05) is 12.1 Å². The molecule has 3 heteroatoms. The molecule has 0 saturated heterocycles. The van der Waals surface area contributed by atoms with Crippen molar-refractivity contribution in [1.82, 2.24) is 9.55 Å². The summed E-state index contributed by atoms with van der Waals surface area (Å²) in [5, 5.41) is 0. The zero-order valence-corrected chi connectivity index (χ0v) is 12.9. The lowest BCUT2D eigenvalue weighted by molar-refractivity contribution is 0.704. The minimum absolute atomic E-state index is 0.743.